The summed E-state index contributed by atoms with van der Waals surface area (Å²) in [5.41, 5.74) is 1.85. The molecule has 0 N–H and O–H groups in total. The van der Waals surface area contributed by atoms with E-state index >= 15 is 0 Å². The number of benzene rings is 1. The van der Waals surface area contributed by atoms with E-state index in [1.54, 1.807) is 13.1 Å². The molecule has 2 fully saturated rings. The molecule has 4 rings (SSSR count). The van der Waals surface area contributed by atoms with Crippen LogP contribution in [0.25, 0.3) is 10.9 Å². The predicted molar refractivity (Wildman–Crippen MR) is 92.4 cm³/mol. The summed E-state index contributed by atoms with van der Waals surface area (Å²) in [6, 6.07) is 6.27. The number of likely N-dealkylation sites (tertiary alicyclic amines) is 1. The van der Waals surface area contributed by atoms with Crippen LogP contribution in [-0.4, -0.2) is 42.2 Å². The maximum atomic E-state index is 12.8. The Morgan fingerprint density at radius 1 is 1.29 bits per heavy atom. The molecule has 2 aliphatic rings. The topological polar surface area (TPSA) is 51.5 Å². The van der Waals surface area contributed by atoms with Crippen molar-refractivity contribution in [2.24, 2.45) is 11.8 Å². The minimum atomic E-state index is -0.525. The van der Waals surface area contributed by atoms with E-state index in [-0.39, 0.29) is 17.6 Å². The smallest absolute Gasteiger partial charge is 0.343 e. The van der Waals surface area contributed by atoms with Crippen molar-refractivity contribution >= 4 is 16.9 Å². The molecule has 1 aromatic heterocycles. The number of rotatable bonds is 3. The lowest BCUT2D eigenvalue weighted by Crippen LogP contribution is -2.24. The number of pyridine rings is 1. The highest BCUT2D eigenvalue weighted by molar-refractivity contribution is 5.94. The number of fused-ring (bicyclic) bond motifs is 2. The van der Waals surface area contributed by atoms with Crippen molar-refractivity contribution in [1.82, 2.24) is 9.47 Å². The summed E-state index contributed by atoms with van der Waals surface area (Å²) >= 11 is 0. The molecule has 5 nitrogen and oxygen atoms in total. The van der Waals surface area contributed by atoms with E-state index in [1.807, 2.05) is 25.1 Å². The third kappa shape index (κ3) is 2.26. The van der Waals surface area contributed by atoms with Crippen LogP contribution in [-0.2, 0) is 4.74 Å². The molecule has 126 valence electrons. The average Bonchev–Trinajstić information content (AvgIpc) is 3.04. The minimum Gasteiger partial charge on any atom is -0.462 e. The Balaban J connectivity index is 1.88. The zero-order valence-corrected chi connectivity index (χ0v) is 14.3. The lowest BCUT2D eigenvalue weighted by Gasteiger charge is -2.18. The summed E-state index contributed by atoms with van der Waals surface area (Å²) in [7, 11) is 2.14. The van der Waals surface area contributed by atoms with Crippen LogP contribution in [0.5, 0.6) is 0 Å². The molecule has 24 heavy (non-hydrogen) atoms. The van der Waals surface area contributed by atoms with Gasteiger partial charge in [0.25, 0.3) is 0 Å². The standard InChI is InChI=1S/C19H22N2O3/c1-4-24-19(23)15-10-21(17-13-8-20(3)9-14(13)17)16-6-5-11(2)7-12(16)18(15)22/h5-7,10,13-14,17H,4,8-9H2,1-3H3/t13-,14?,17?/m1/s1. The maximum absolute atomic E-state index is 12.8. The normalized spacial score (nSPS) is 25.7. The van der Waals surface area contributed by atoms with E-state index in [0.29, 0.717) is 23.3 Å². The quantitative estimate of drug-likeness (QED) is 0.812. The molecule has 2 unspecified atom stereocenters. The maximum Gasteiger partial charge on any atom is 0.343 e. The molecule has 0 amide bonds. The second-order valence-electron chi connectivity index (χ2n) is 7.06. The van der Waals surface area contributed by atoms with Gasteiger partial charge in [0.05, 0.1) is 12.1 Å². The first-order valence-corrected chi connectivity index (χ1v) is 8.52. The summed E-state index contributed by atoms with van der Waals surface area (Å²) in [6.45, 7) is 6.13. The van der Waals surface area contributed by atoms with Crippen LogP contribution in [0.15, 0.2) is 29.2 Å². The number of ether oxygens (including phenoxy) is 1. The van der Waals surface area contributed by atoms with Crippen molar-refractivity contribution in [3.63, 3.8) is 0 Å². The van der Waals surface area contributed by atoms with Gasteiger partial charge in [-0.3, -0.25) is 4.79 Å². The first kappa shape index (κ1) is 15.4. The lowest BCUT2D eigenvalue weighted by molar-refractivity contribution is 0.0524. The van der Waals surface area contributed by atoms with Gasteiger partial charge in [0.1, 0.15) is 5.56 Å². The van der Waals surface area contributed by atoms with Crippen molar-refractivity contribution in [2.45, 2.75) is 19.9 Å². The van der Waals surface area contributed by atoms with Gasteiger partial charge in [-0.2, -0.15) is 0 Å². The largest absolute Gasteiger partial charge is 0.462 e. The van der Waals surface area contributed by atoms with Crippen LogP contribution in [0, 0.1) is 18.8 Å². The summed E-state index contributed by atoms with van der Waals surface area (Å²) < 4.78 is 7.24. The van der Waals surface area contributed by atoms with Gasteiger partial charge in [-0.25, -0.2) is 4.79 Å². The monoisotopic (exact) mass is 326 g/mol. The van der Waals surface area contributed by atoms with Crippen LogP contribution in [0.4, 0.5) is 0 Å². The Labute approximate surface area is 140 Å². The van der Waals surface area contributed by atoms with Gasteiger partial charge in [-0.15, -0.1) is 0 Å². The Morgan fingerprint density at radius 3 is 2.67 bits per heavy atom. The summed E-state index contributed by atoms with van der Waals surface area (Å²) in [6.07, 6.45) is 1.72. The highest BCUT2D eigenvalue weighted by Crippen LogP contribution is 2.55. The fourth-order valence-electron chi connectivity index (χ4n) is 4.19. The van der Waals surface area contributed by atoms with Crippen molar-refractivity contribution in [1.29, 1.82) is 0 Å². The number of carbonyl (C=O) groups is 1. The summed E-state index contributed by atoms with van der Waals surface area (Å²) in [5, 5.41) is 0.610. The number of hydrogen-bond acceptors (Lipinski definition) is 4. The molecule has 2 aromatic rings. The van der Waals surface area contributed by atoms with Crippen molar-refractivity contribution < 1.29 is 9.53 Å². The summed E-state index contributed by atoms with van der Waals surface area (Å²) in [4.78, 5) is 27.4. The zero-order chi connectivity index (χ0) is 17.0. The fraction of sp³-hybridized carbons (Fsp3) is 0.474. The number of nitrogens with zero attached hydrogens (tertiary/aromatic N) is 2. The number of carbonyl (C=O) groups excluding carboxylic acids is 1. The molecular weight excluding hydrogens is 304 g/mol. The number of hydrogen-bond donors (Lipinski definition) is 0. The van der Waals surface area contributed by atoms with Crippen LogP contribution < -0.4 is 5.43 Å². The minimum absolute atomic E-state index is 0.147. The highest BCUT2D eigenvalue weighted by Gasteiger charge is 2.56. The Kier molecular flexibility index (Phi) is 3.49. The molecule has 1 saturated carbocycles. The molecule has 1 aromatic carbocycles. The van der Waals surface area contributed by atoms with Crippen molar-refractivity contribution in [3.8, 4) is 0 Å². The SMILES string of the molecule is CCOC(=O)c1cn(C2C3CN(C)C[C@H]32)c2ccc(C)cc2c1=O. The Morgan fingerprint density at radius 2 is 2.00 bits per heavy atom. The third-order valence-corrected chi connectivity index (χ3v) is 5.34. The van der Waals surface area contributed by atoms with Gasteiger partial charge in [-0.05, 0) is 44.9 Å². The van der Waals surface area contributed by atoms with Crippen LogP contribution >= 0.6 is 0 Å². The zero-order valence-electron chi connectivity index (χ0n) is 14.3. The van der Waals surface area contributed by atoms with E-state index in [0.717, 1.165) is 24.2 Å². The second-order valence-corrected chi connectivity index (χ2v) is 7.06. The Bertz CT molecular complexity index is 874. The number of aromatic nitrogens is 1. The molecule has 0 spiro atoms. The summed E-state index contributed by atoms with van der Waals surface area (Å²) in [5.74, 6) is 0.691. The van der Waals surface area contributed by atoms with Crippen LogP contribution in [0.2, 0.25) is 0 Å². The predicted octanol–water partition coefficient (Wildman–Crippen LogP) is 2.22. The van der Waals surface area contributed by atoms with Gasteiger partial charge in [-0.1, -0.05) is 11.6 Å². The first-order valence-electron chi connectivity index (χ1n) is 8.52. The Hall–Kier alpha value is -2.14. The van der Waals surface area contributed by atoms with Crippen molar-refractivity contribution in [3.05, 3.63) is 45.7 Å². The third-order valence-electron chi connectivity index (χ3n) is 5.34. The van der Waals surface area contributed by atoms with Gasteiger partial charge >= 0.3 is 5.97 Å². The molecule has 1 saturated heterocycles. The van der Waals surface area contributed by atoms with Gasteiger partial charge in [0.2, 0.25) is 5.43 Å². The van der Waals surface area contributed by atoms with Gasteiger partial charge in [0, 0.05) is 30.7 Å². The van der Waals surface area contributed by atoms with Gasteiger partial charge < -0.3 is 14.2 Å². The lowest BCUT2D eigenvalue weighted by atomic mass is 10.1. The average molecular weight is 326 g/mol. The van der Waals surface area contributed by atoms with E-state index < -0.39 is 5.97 Å². The van der Waals surface area contributed by atoms with Crippen LogP contribution in [0.3, 0.4) is 0 Å². The molecule has 3 atom stereocenters. The molecule has 1 aliphatic heterocycles. The molecule has 0 bridgehead atoms. The molecule has 0 radical (unpaired) electrons. The molecular formula is C19H22N2O3. The molecule has 5 heteroatoms. The number of piperidine rings is 1. The van der Waals surface area contributed by atoms with E-state index in [1.165, 1.54) is 0 Å². The number of aryl methyl sites for hydroxylation is 1. The first-order chi connectivity index (χ1) is 11.5. The van der Waals surface area contributed by atoms with E-state index in [4.69, 9.17) is 4.74 Å². The van der Waals surface area contributed by atoms with Crippen molar-refractivity contribution in [2.75, 3.05) is 26.7 Å². The van der Waals surface area contributed by atoms with E-state index in [9.17, 15) is 9.59 Å². The second kappa shape index (κ2) is 5.45. The molecule has 1 aliphatic carbocycles. The van der Waals surface area contributed by atoms with Gasteiger partial charge in [0.15, 0.2) is 0 Å². The van der Waals surface area contributed by atoms with E-state index in [2.05, 4.69) is 16.5 Å². The number of esters is 1. The highest BCUT2D eigenvalue weighted by atomic mass is 16.5. The molecule has 2 heterocycles. The fourth-order valence-corrected chi connectivity index (χ4v) is 4.19. The van der Waals surface area contributed by atoms with Crippen LogP contribution in [0.1, 0.15) is 28.9 Å².